The summed E-state index contributed by atoms with van der Waals surface area (Å²) in [4.78, 5) is 2.21. The number of aliphatic hydroxyl groups is 1. The van der Waals surface area contributed by atoms with Crippen molar-refractivity contribution in [3.8, 4) is 0 Å². The second-order valence-electron chi connectivity index (χ2n) is 5.92. The summed E-state index contributed by atoms with van der Waals surface area (Å²) in [5.41, 5.74) is 2.49. The third-order valence-electron chi connectivity index (χ3n) is 4.37. The van der Waals surface area contributed by atoms with E-state index in [1.807, 2.05) is 10.9 Å². The van der Waals surface area contributed by atoms with Crippen molar-refractivity contribution >= 4 is 0 Å². The monoisotopic (exact) mass is 280 g/mol. The number of aryl methyl sites for hydroxylation is 1. The molecular weight excluding hydrogens is 252 g/mol. The summed E-state index contributed by atoms with van der Waals surface area (Å²) in [6, 6.07) is 0. The van der Waals surface area contributed by atoms with Gasteiger partial charge in [0.25, 0.3) is 0 Å². The van der Waals surface area contributed by atoms with E-state index in [9.17, 15) is 5.11 Å². The Morgan fingerprint density at radius 3 is 2.80 bits per heavy atom. The maximum Gasteiger partial charge on any atom is 0.0696 e. The van der Waals surface area contributed by atoms with Crippen molar-refractivity contribution in [1.82, 2.24) is 20.0 Å². The topological polar surface area (TPSA) is 53.3 Å². The van der Waals surface area contributed by atoms with Crippen molar-refractivity contribution in [3.63, 3.8) is 0 Å². The summed E-state index contributed by atoms with van der Waals surface area (Å²) in [5, 5.41) is 18.1. The highest BCUT2D eigenvalue weighted by Crippen LogP contribution is 2.18. The molecule has 0 aromatic carbocycles. The number of nitrogens with one attached hydrogen (secondary N) is 1. The molecule has 1 fully saturated rings. The first-order valence-electron chi connectivity index (χ1n) is 7.70. The van der Waals surface area contributed by atoms with Crippen LogP contribution in [0.25, 0.3) is 0 Å². The molecule has 1 aromatic rings. The average molecular weight is 280 g/mol. The molecule has 1 aliphatic heterocycles. The minimum atomic E-state index is -0.219. The zero-order valence-corrected chi connectivity index (χ0v) is 13.0. The van der Waals surface area contributed by atoms with Crippen LogP contribution >= 0.6 is 0 Å². The van der Waals surface area contributed by atoms with Crippen molar-refractivity contribution in [2.24, 2.45) is 5.92 Å². The van der Waals surface area contributed by atoms with Crippen LogP contribution in [0.2, 0.25) is 0 Å². The van der Waals surface area contributed by atoms with Crippen molar-refractivity contribution in [1.29, 1.82) is 0 Å². The molecule has 1 atom stereocenters. The second-order valence-corrected chi connectivity index (χ2v) is 5.92. The highest BCUT2D eigenvalue weighted by Gasteiger charge is 2.22. The molecule has 1 aromatic heterocycles. The van der Waals surface area contributed by atoms with E-state index in [-0.39, 0.29) is 6.10 Å². The standard InChI is InChI=1S/C15H28N4O/c1-4-19-12(2)14(9-17-19)10-18(3)11-15(20)13-5-7-16-8-6-13/h9,13,15-16,20H,4-8,10-11H2,1-3H3. The van der Waals surface area contributed by atoms with E-state index in [4.69, 9.17) is 0 Å². The van der Waals surface area contributed by atoms with Crippen LogP contribution in [0.5, 0.6) is 0 Å². The lowest BCUT2D eigenvalue weighted by Crippen LogP contribution is -2.39. The van der Waals surface area contributed by atoms with Gasteiger partial charge in [0.2, 0.25) is 0 Å². The first-order valence-corrected chi connectivity index (χ1v) is 7.70. The molecule has 0 bridgehead atoms. The lowest BCUT2D eigenvalue weighted by molar-refractivity contribution is 0.0561. The van der Waals surface area contributed by atoms with Gasteiger partial charge in [-0.05, 0) is 52.7 Å². The van der Waals surface area contributed by atoms with Crippen LogP contribution in [-0.4, -0.2) is 52.6 Å². The quantitative estimate of drug-likeness (QED) is 0.816. The fraction of sp³-hybridized carbons (Fsp3) is 0.800. The van der Waals surface area contributed by atoms with Gasteiger partial charge in [-0.1, -0.05) is 0 Å². The van der Waals surface area contributed by atoms with Crippen LogP contribution in [0.3, 0.4) is 0 Å². The molecule has 2 N–H and O–H groups in total. The van der Waals surface area contributed by atoms with Gasteiger partial charge in [0, 0.05) is 30.9 Å². The Bertz CT molecular complexity index is 412. The lowest BCUT2D eigenvalue weighted by Gasteiger charge is -2.30. The molecular formula is C15H28N4O. The van der Waals surface area contributed by atoms with E-state index in [1.165, 1.54) is 11.3 Å². The van der Waals surface area contributed by atoms with Gasteiger partial charge in [-0.2, -0.15) is 5.10 Å². The number of hydrogen-bond acceptors (Lipinski definition) is 4. The van der Waals surface area contributed by atoms with E-state index in [0.29, 0.717) is 5.92 Å². The van der Waals surface area contributed by atoms with Crippen LogP contribution in [0.15, 0.2) is 6.20 Å². The fourth-order valence-electron chi connectivity index (χ4n) is 3.01. The Balaban J connectivity index is 1.84. The van der Waals surface area contributed by atoms with Gasteiger partial charge in [-0.25, -0.2) is 0 Å². The Kier molecular flexibility index (Phi) is 5.57. The van der Waals surface area contributed by atoms with Crippen molar-refractivity contribution < 1.29 is 5.11 Å². The molecule has 0 amide bonds. The summed E-state index contributed by atoms with van der Waals surface area (Å²) in [6.07, 6.45) is 3.90. The number of hydrogen-bond donors (Lipinski definition) is 2. The molecule has 1 saturated heterocycles. The van der Waals surface area contributed by atoms with E-state index in [0.717, 1.165) is 45.6 Å². The van der Waals surface area contributed by atoms with Crippen LogP contribution in [-0.2, 0) is 13.1 Å². The van der Waals surface area contributed by atoms with Gasteiger partial charge < -0.3 is 10.4 Å². The molecule has 5 heteroatoms. The molecule has 1 unspecified atom stereocenters. The molecule has 0 radical (unpaired) electrons. The van der Waals surface area contributed by atoms with Crippen LogP contribution < -0.4 is 5.32 Å². The molecule has 20 heavy (non-hydrogen) atoms. The lowest BCUT2D eigenvalue weighted by atomic mass is 9.92. The van der Waals surface area contributed by atoms with Crippen LogP contribution in [0, 0.1) is 12.8 Å². The largest absolute Gasteiger partial charge is 0.392 e. The summed E-state index contributed by atoms with van der Waals surface area (Å²) < 4.78 is 2.02. The average Bonchev–Trinajstić information content (AvgIpc) is 2.80. The zero-order valence-electron chi connectivity index (χ0n) is 13.0. The zero-order chi connectivity index (χ0) is 14.5. The van der Waals surface area contributed by atoms with E-state index in [1.54, 1.807) is 0 Å². The van der Waals surface area contributed by atoms with Crippen LogP contribution in [0.1, 0.15) is 31.0 Å². The summed E-state index contributed by atoms with van der Waals surface area (Å²) >= 11 is 0. The molecule has 0 aliphatic carbocycles. The van der Waals surface area contributed by atoms with Gasteiger partial charge in [-0.3, -0.25) is 9.58 Å². The summed E-state index contributed by atoms with van der Waals surface area (Å²) in [5.74, 6) is 0.443. The molecule has 0 spiro atoms. The predicted octanol–water partition coefficient (Wildman–Crippen LogP) is 1.00. The van der Waals surface area contributed by atoms with E-state index >= 15 is 0 Å². The molecule has 2 rings (SSSR count). The summed E-state index contributed by atoms with van der Waals surface area (Å²) in [7, 11) is 2.08. The van der Waals surface area contributed by atoms with E-state index < -0.39 is 0 Å². The van der Waals surface area contributed by atoms with Crippen molar-refractivity contribution in [3.05, 3.63) is 17.5 Å². The van der Waals surface area contributed by atoms with Gasteiger partial charge in [0.1, 0.15) is 0 Å². The van der Waals surface area contributed by atoms with Crippen LogP contribution in [0.4, 0.5) is 0 Å². The molecule has 5 nitrogen and oxygen atoms in total. The normalized spacial score (nSPS) is 18.6. The molecule has 114 valence electrons. The second kappa shape index (κ2) is 7.20. The number of aliphatic hydroxyl groups excluding tert-OH is 1. The third kappa shape index (κ3) is 3.81. The number of rotatable bonds is 6. The summed E-state index contributed by atoms with van der Waals surface area (Å²) in [6.45, 7) is 8.79. The first-order chi connectivity index (χ1) is 9.61. The third-order valence-corrected chi connectivity index (χ3v) is 4.37. The van der Waals surface area contributed by atoms with Gasteiger partial charge in [0.15, 0.2) is 0 Å². The molecule has 1 aliphatic rings. The SMILES string of the molecule is CCn1ncc(CN(C)CC(O)C2CCNCC2)c1C. The predicted molar refractivity (Wildman–Crippen MR) is 80.6 cm³/mol. The van der Waals surface area contributed by atoms with Gasteiger partial charge in [-0.15, -0.1) is 0 Å². The molecule has 2 heterocycles. The first kappa shape index (κ1) is 15.5. The maximum absolute atomic E-state index is 10.4. The highest BCUT2D eigenvalue weighted by molar-refractivity contribution is 5.15. The highest BCUT2D eigenvalue weighted by atomic mass is 16.3. The number of aromatic nitrogens is 2. The van der Waals surface area contributed by atoms with Crippen molar-refractivity contribution in [2.75, 3.05) is 26.7 Å². The molecule has 0 saturated carbocycles. The Labute approximate surface area is 122 Å². The minimum absolute atomic E-state index is 0.219. The minimum Gasteiger partial charge on any atom is -0.392 e. The Morgan fingerprint density at radius 1 is 1.50 bits per heavy atom. The van der Waals surface area contributed by atoms with E-state index in [2.05, 4.69) is 36.2 Å². The number of nitrogens with zero attached hydrogens (tertiary/aromatic N) is 3. The number of piperidine rings is 1. The fourth-order valence-corrected chi connectivity index (χ4v) is 3.01. The Morgan fingerprint density at radius 2 is 2.20 bits per heavy atom. The maximum atomic E-state index is 10.4. The van der Waals surface area contributed by atoms with Crippen molar-refractivity contribution in [2.45, 2.75) is 45.9 Å². The number of likely N-dealkylation sites (N-methyl/N-ethyl adjacent to an activating group) is 1. The van der Waals surface area contributed by atoms with Gasteiger partial charge >= 0.3 is 0 Å². The smallest absolute Gasteiger partial charge is 0.0696 e. The Hall–Kier alpha value is -0.910. The van der Waals surface area contributed by atoms with Gasteiger partial charge in [0.05, 0.1) is 12.3 Å².